The van der Waals surface area contributed by atoms with Crippen molar-refractivity contribution in [3.05, 3.63) is 79.7 Å². The molecule has 0 unspecified atom stereocenters. The van der Waals surface area contributed by atoms with Crippen molar-refractivity contribution < 1.29 is 32.9 Å². The second kappa shape index (κ2) is 10.7. The fourth-order valence-corrected chi connectivity index (χ4v) is 5.07. The van der Waals surface area contributed by atoms with E-state index in [1.54, 1.807) is 18.2 Å². The summed E-state index contributed by atoms with van der Waals surface area (Å²) in [5, 5.41) is 0. The van der Waals surface area contributed by atoms with E-state index in [4.69, 9.17) is 24.7 Å². The molecule has 1 aliphatic heterocycles. The van der Waals surface area contributed by atoms with Gasteiger partial charge in [0.25, 0.3) is 0 Å². The smallest absolute Gasteiger partial charge is 0.340 e. The van der Waals surface area contributed by atoms with E-state index in [2.05, 4.69) is 22.6 Å². The highest BCUT2D eigenvalue weighted by Crippen LogP contribution is 2.46. The standard InChI is InChI=1S/C26H25FINO6/c1-3-33-20-12-15(11-17(28)24(20)34-13-14-7-9-16(27)10-8-14)21-22-18(30)5-4-6-19(22)35-25(29)23(21)26(31)32-2/h7-12,21H,3-6,13,29H2,1-2H3/t21-/m0/s1. The maximum absolute atomic E-state index is 13.2. The van der Waals surface area contributed by atoms with Crippen molar-refractivity contribution >= 4 is 34.3 Å². The number of nitrogens with two attached hydrogens (primary N) is 1. The summed E-state index contributed by atoms with van der Waals surface area (Å²) in [6.07, 6.45) is 1.57. The van der Waals surface area contributed by atoms with Crippen molar-refractivity contribution in [2.24, 2.45) is 5.73 Å². The second-order valence-electron chi connectivity index (χ2n) is 8.10. The van der Waals surface area contributed by atoms with Gasteiger partial charge in [-0.1, -0.05) is 12.1 Å². The molecule has 0 saturated carbocycles. The Morgan fingerprint density at radius 2 is 1.94 bits per heavy atom. The van der Waals surface area contributed by atoms with Gasteiger partial charge in [-0.2, -0.15) is 0 Å². The minimum Gasteiger partial charge on any atom is -0.490 e. The van der Waals surface area contributed by atoms with Crippen LogP contribution in [0.2, 0.25) is 0 Å². The Labute approximate surface area is 216 Å². The van der Waals surface area contributed by atoms with E-state index in [1.165, 1.54) is 19.2 Å². The normalized spacial score (nSPS) is 17.6. The Hall–Kier alpha value is -3.08. The number of hydrogen-bond acceptors (Lipinski definition) is 7. The third-order valence-corrected chi connectivity index (χ3v) is 6.65. The Balaban J connectivity index is 1.78. The number of allylic oxidation sites excluding steroid dienone is 2. The van der Waals surface area contributed by atoms with E-state index in [0.29, 0.717) is 57.8 Å². The largest absolute Gasteiger partial charge is 0.490 e. The molecule has 1 atom stereocenters. The van der Waals surface area contributed by atoms with Crippen molar-refractivity contribution in [3.8, 4) is 11.5 Å². The topological polar surface area (TPSA) is 97.1 Å². The number of methoxy groups -OCH3 is 1. The number of ketones is 1. The highest BCUT2D eigenvalue weighted by atomic mass is 127. The molecule has 0 saturated heterocycles. The van der Waals surface area contributed by atoms with Gasteiger partial charge in [0, 0.05) is 18.4 Å². The number of hydrogen-bond donors (Lipinski definition) is 1. The summed E-state index contributed by atoms with van der Waals surface area (Å²) >= 11 is 2.13. The Kier molecular flexibility index (Phi) is 7.63. The fourth-order valence-electron chi connectivity index (χ4n) is 4.29. The lowest BCUT2D eigenvalue weighted by molar-refractivity contribution is -0.136. The number of Topliss-reactive ketones (excluding diaryl/α,β-unsaturated/α-hetero) is 1. The lowest BCUT2D eigenvalue weighted by atomic mass is 9.77. The maximum atomic E-state index is 13.2. The van der Waals surface area contributed by atoms with Gasteiger partial charge in [0.05, 0.1) is 23.2 Å². The predicted molar refractivity (Wildman–Crippen MR) is 134 cm³/mol. The first-order valence-corrected chi connectivity index (χ1v) is 12.3. The van der Waals surface area contributed by atoms with Gasteiger partial charge in [-0.15, -0.1) is 0 Å². The Morgan fingerprint density at radius 1 is 1.20 bits per heavy atom. The molecule has 0 amide bonds. The van der Waals surface area contributed by atoms with Crippen LogP contribution in [0.4, 0.5) is 4.39 Å². The van der Waals surface area contributed by atoms with Gasteiger partial charge >= 0.3 is 5.97 Å². The third kappa shape index (κ3) is 5.14. The van der Waals surface area contributed by atoms with Crippen molar-refractivity contribution in [3.63, 3.8) is 0 Å². The van der Waals surface area contributed by atoms with Crippen molar-refractivity contribution in [1.82, 2.24) is 0 Å². The van der Waals surface area contributed by atoms with Gasteiger partial charge in [-0.3, -0.25) is 4.79 Å². The first-order chi connectivity index (χ1) is 16.8. The van der Waals surface area contributed by atoms with Gasteiger partial charge in [-0.25, -0.2) is 9.18 Å². The number of carbonyl (C=O) groups is 2. The lowest BCUT2D eigenvalue weighted by Gasteiger charge is -2.32. The molecule has 35 heavy (non-hydrogen) atoms. The molecule has 2 aromatic rings. The van der Waals surface area contributed by atoms with Gasteiger partial charge < -0.3 is 24.7 Å². The summed E-state index contributed by atoms with van der Waals surface area (Å²) < 4.78 is 36.6. The first kappa shape index (κ1) is 25.0. The number of benzene rings is 2. The van der Waals surface area contributed by atoms with E-state index >= 15 is 0 Å². The summed E-state index contributed by atoms with van der Waals surface area (Å²) in [5.74, 6) is -0.445. The van der Waals surface area contributed by atoms with Crippen LogP contribution in [0.3, 0.4) is 0 Å². The van der Waals surface area contributed by atoms with E-state index in [9.17, 15) is 14.0 Å². The average Bonchev–Trinajstić information content (AvgIpc) is 2.83. The first-order valence-electron chi connectivity index (χ1n) is 11.2. The zero-order chi connectivity index (χ0) is 25.1. The van der Waals surface area contributed by atoms with E-state index in [0.717, 1.165) is 5.56 Å². The van der Waals surface area contributed by atoms with Crippen molar-refractivity contribution in [2.75, 3.05) is 13.7 Å². The van der Waals surface area contributed by atoms with Crippen LogP contribution in [0.15, 0.2) is 59.2 Å². The monoisotopic (exact) mass is 593 g/mol. The molecular formula is C26H25FINO6. The van der Waals surface area contributed by atoms with Crippen LogP contribution in [0.5, 0.6) is 11.5 Å². The highest BCUT2D eigenvalue weighted by Gasteiger charge is 2.41. The lowest BCUT2D eigenvalue weighted by Crippen LogP contribution is -2.31. The Bertz CT molecular complexity index is 1220. The number of halogens is 2. The number of ether oxygens (including phenoxy) is 4. The van der Waals surface area contributed by atoms with Gasteiger partial charge in [-0.05, 0) is 71.3 Å². The molecule has 1 aliphatic carbocycles. The minimum absolute atomic E-state index is 0.0695. The molecule has 0 spiro atoms. The SMILES string of the molecule is CCOc1cc([C@@H]2C(C(=O)OC)=C(N)OC3=C2C(=O)CCC3)cc(I)c1OCc1ccc(F)cc1. The molecule has 9 heteroatoms. The van der Waals surface area contributed by atoms with Gasteiger partial charge in [0.15, 0.2) is 17.3 Å². The average molecular weight is 593 g/mol. The van der Waals surface area contributed by atoms with Crippen LogP contribution < -0.4 is 15.2 Å². The van der Waals surface area contributed by atoms with Crippen LogP contribution in [0.1, 0.15) is 43.2 Å². The van der Waals surface area contributed by atoms with Crippen molar-refractivity contribution in [2.45, 2.75) is 38.7 Å². The minimum atomic E-state index is -0.752. The summed E-state index contributed by atoms with van der Waals surface area (Å²) in [6, 6.07) is 9.64. The maximum Gasteiger partial charge on any atom is 0.340 e. The zero-order valence-electron chi connectivity index (χ0n) is 19.4. The van der Waals surface area contributed by atoms with Gasteiger partial charge in [0.1, 0.15) is 23.8 Å². The number of carbonyl (C=O) groups excluding carboxylic acids is 2. The molecule has 0 aromatic heterocycles. The van der Waals surface area contributed by atoms with E-state index in [1.807, 2.05) is 13.0 Å². The third-order valence-electron chi connectivity index (χ3n) is 5.85. The second-order valence-corrected chi connectivity index (χ2v) is 9.26. The summed E-state index contributed by atoms with van der Waals surface area (Å²) in [5.41, 5.74) is 8.09. The molecule has 2 N–H and O–H groups in total. The summed E-state index contributed by atoms with van der Waals surface area (Å²) in [4.78, 5) is 25.7. The molecule has 1 heterocycles. The number of esters is 1. The molecular weight excluding hydrogens is 568 g/mol. The van der Waals surface area contributed by atoms with E-state index in [-0.39, 0.29) is 29.7 Å². The predicted octanol–water partition coefficient (Wildman–Crippen LogP) is 4.87. The molecule has 2 aliphatic rings. The molecule has 4 rings (SSSR count). The molecule has 7 nitrogen and oxygen atoms in total. The van der Waals surface area contributed by atoms with Crippen LogP contribution >= 0.6 is 22.6 Å². The number of rotatable bonds is 7. The summed E-state index contributed by atoms with van der Waals surface area (Å²) in [7, 11) is 1.26. The summed E-state index contributed by atoms with van der Waals surface area (Å²) in [6.45, 7) is 2.43. The molecule has 2 aromatic carbocycles. The van der Waals surface area contributed by atoms with Crippen LogP contribution in [0, 0.1) is 9.39 Å². The fraction of sp³-hybridized carbons (Fsp3) is 0.308. The molecule has 0 radical (unpaired) electrons. The highest BCUT2D eigenvalue weighted by molar-refractivity contribution is 14.1. The van der Waals surface area contributed by atoms with E-state index < -0.39 is 11.9 Å². The molecule has 0 fully saturated rings. The van der Waals surface area contributed by atoms with Crippen molar-refractivity contribution in [1.29, 1.82) is 0 Å². The zero-order valence-corrected chi connectivity index (χ0v) is 21.5. The Morgan fingerprint density at radius 3 is 2.63 bits per heavy atom. The van der Waals surface area contributed by atoms with Crippen LogP contribution in [0.25, 0.3) is 0 Å². The van der Waals surface area contributed by atoms with Crippen LogP contribution in [-0.4, -0.2) is 25.5 Å². The quantitative estimate of drug-likeness (QED) is 0.362. The van der Waals surface area contributed by atoms with Gasteiger partial charge in [0.2, 0.25) is 5.88 Å². The van der Waals surface area contributed by atoms with Crippen LogP contribution in [-0.2, 0) is 25.7 Å². The molecule has 184 valence electrons. The molecule has 0 bridgehead atoms.